The Kier molecular flexibility index (Phi) is 7.84. The number of amides is 1. The number of nitro groups is 1. The number of nitro benzene ring substituents is 1. The minimum atomic E-state index is -0.456. The zero-order chi connectivity index (χ0) is 23.1. The Balaban J connectivity index is 1.79. The minimum Gasteiger partial charge on any atom is -0.493 e. The fraction of sp³-hybridized carbons (Fsp3) is 0.304. The fourth-order valence-corrected chi connectivity index (χ4v) is 3.98. The summed E-state index contributed by atoms with van der Waals surface area (Å²) < 4.78 is 11.9. The number of benzene rings is 2. The third kappa shape index (κ3) is 5.65. The summed E-state index contributed by atoms with van der Waals surface area (Å²) in [5.41, 5.74) is 1.46. The van der Waals surface area contributed by atoms with Crippen molar-refractivity contribution in [3.8, 4) is 17.6 Å². The van der Waals surface area contributed by atoms with Crippen molar-refractivity contribution < 1.29 is 19.2 Å². The van der Waals surface area contributed by atoms with E-state index >= 15 is 0 Å². The molecule has 0 aromatic heterocycles. The Bertz CT molecular complexity index is 1070. The van der Waals surface area contributed by atoms with Gasteiger partial charge in [-0.3, -0.25) is 14.9 Å². The molecule has 0 unspecified atom stereocenters. The van der Waals surface area contributed by atoms with E-state index in [0.717, 1.165) is 24.8 Å². The molecule has 2 aromatic rings. The van der Waals surface area contributed by atoms with Crippen LogP contribution < -0.4 is 9.47 Å². The summed E-state index contributed by atoms with van der Waals surface area (Å²) in [4.78, 5) is 24.7. The van der Waals surface area contributed by atoms with Gasteiger partial charge in [-0.15, -0.1) is 0 Å². The van der Waals surface area contributed by atoms with Crippen molar-refractivity contribution in [2.24, 2.45) is 0 Å². The van der Waals surface area contributed by atoms with Crippen LogP contribution in [0.1, 0.15) is 30.4 Å². The molecular formula is C23H22BrN3O5. The number of ether oxygens (including phenoxy) is 2. The second-order valence-electron chi connectivity index (χ2n) is 7.27. The summed E-state index contributed by atoms with van der Waals surface area (Å²) in [6, 6.07) is 11.5. The number of non-ortho nitro benzene ring substituents is 1. The van der Waals surface area contributed by atoms with Crippen LogP contribution in [-0.4, -0.2) is 35.9 Å². The van der Waals surface area contributed by atoms with E-state index in [1.165, 1.54) is 19.2 Å². The van der Waals surface area contributed by atoms with E-state index in [9.17, 15) is 20.2 Å². The number of carbonyl (C=O) groups excluding carboxylic acids is 1. The van der Waals surface area contributed by atoms with Crippen LogP contribution in [0.15, 0.2) is 46.4 Å². The minimum absolute atomic E-state index is 0.0102. The fourth-order valence-electron chi connectivity index (χ4n) is 3.41. The quantitative estimate of drug-likeness (QED) is 0.233. The van der Waals surface area contributed by atoms with Crippen LogP contribution in [0.2, 0.25) is 0 Å². The molecule has 1 fully saturated rings. The maximum atomic E-state index is 12.7. The summed E-state index contributed by atoms with van der Waals surface area (Å²) in [5, 5.41) is 20.3. The van der Waals surface area contributed by atoms with Gasteiger partial charge in [-0.25, -0.2) is 0 Å². The van der Waals surface area contributed by atoms with E-state index < -0.39 is 4.92 Å². The van der Waals surface area contributed by atoms with Crippen LogP contribution in [0.4, 0.5) is 5.69 Å². The summed E-state index contributed by atoms with van der Waals surface area (Å²) in [7, 11) is 1.50. The predicted octanol–water partition coefficient (Wildman–Crippen LogP) is 4.86. The third-order valence-corrected chi connectivity index (χ3v) is 5.68. The molecule has 32 heavy (non-hydrogen) atoms. The van der Waals surface area contributed by atoms with Crippen LogP contribution in [0.25, 0.3) is 6.08 Å². The van der Waals surface area contributed by atoms with Gasteiger partial charge in [0.2, 0.25) is 0 Å². The molecule has 0 N–H and O–H groups in total. The largest absolute Gasteiger partial charge is 0.493 e. The van der Waals surface area contributed by atoms with Gasteiger partial charge >= 0.3 is 0 Å². The van der Waals surface area contributed by atoms with Gasteiger partial charge in [0.25, 0.3) is 11.6 Å². The second kappa shape index (κ2) is 10.8. The van der Waals surface area contributed by atoms with Gasteiger partial charge in [-0.05, 0) is 76.7 Å². The van der Waals surface area contributed by atoms with Crippen LogP contribution in [-0.2, 0) is 11.4 Å². The first-order valence-electron chi connectivity index (χ1n) is 10.1. The average molecular weight is 500 g/mol. The highest BCUT2D eigenvalue weighted by atomic mass is 79.9. The van der Waals surface area contributed by atoms with Gasteiger partial charge in [-0.1, -0.05) is 0 Å². The van der Waals surface area contributed by atoms with Crippen molar-refractivity contribution in [1.29, 1.82) is 5.26 Å². The van der Waals surface area contributed by atoms with E-state index in [1.54, 1.807) is 35.2 Å². The topological polar surface area (TPSA) is 106 Å². The van der Waals surface area contributed by atoms with Gasteiger partial charge in [0.1, 0.15) is 18.2 Å². The van der Waals surface area contributed by atoms with Crippen molar-refractivity contribution >= 4 is 33.6 Å². The molecule has 1 saturated heterocycles. The Labute approximate surface area is 194 Å². The second-order valence-corrected chi connectivity index (χ2v) is 8.12. The number of rotatable bonds is 7. The first kappa shape index (κ1) is 23.3. The lowest BCUT2D eigenvalue weighted by molar-refractivity contribution is -0.384. The van der Waals surface area contributed by atoms with Gasteiger partial charge in [0.05, 0.1) is 16.5 Å². The lowest BCUT2D eigenvalue weighted by Crippen LogP contribution is -2.36. The number of hydrogen-bond acceptors (Lipinski definition) is 6. The lowest BCUT2D eigenvalue weighted by atomic mass is 10.1. The van der Waals surface area contributed by atoms with Crippen LogP contribution in [0, 0.1) is 21.4 Å². The molecule has 0 bridgehead atoms. The smallest absolute Gasteiger partial charge is 0.269 e. The summed E-state index contributed by atoms with van der Waals surface area (Å²) in [6.45, 7) is 1.51. The Morgan fingerprint density at radius 3 is 2.53 bits per heavy atom. The van der Waals surface area contributed by atoms with Gasteiger partial charge in [0.15, 0.2) is 11.5 Å². The molecule has 1 aliphatic rings. The molecule has 0 radical (unpaired) electrons. The third-order valence-electron chi connectivity index (χ3n) is 5.09. The molecule has 9 heteroatoms. The number of methoxy groups -OCH3 is 1. The maximum absolute atomic E-state index is 12.7. The molecule has 1 amide bonds. The SMILES string of the molecule is COc1cc(C=C(C#N)C(=O)N2CCCCC2)cc(Br)c1OCc1ccc([N+](=O)[O-])cc1. The number of piperidine rings is 1. The first-order chi connectivity index (χ1) is 15.4. The van der Waals surface area contributed by atoms with Crippen molar-refractivity contribution in [3.05, 3.63) is 67.7 Å². The van der Waals surface area contributed by atoms with Crippen molar-refractivity contribution in [1.82, 2.24) is 4.90 Å². The standard InChI is InChI=1S/C23H22BrN3O5/c1-31-21-13-17(11-18(14-25)23(28)26-9-3-2-4-10-26)12-20(24)22(21)32-15-16-5-7-19(8-6-16)27(29)30/h5-8,11-13H,2-4,9-10,15H2,1H3. The molecule has 166 valence electrons. The van der Waals surface area contributed by atoms with E-state index in [-0.39, 0.29) is 23.8 Å². The molecule has 0 spiro atoms. The van der Waals surface area contributed by atoms with E-state index in [1.807, 2.05) is 6.07 Å². The van der Waals surface area contributed by atoms with Crippen molar-refractivity contribution in [2.45, 2.75) is 25.9 Å². The predicted molar refractivity (Wildman–Crippen MR) is 122 cm³/mol. The van der Waals surface area contributed by atoms with Gasteiger partial charge in [0, 0.05) is 25.2 Å². The zero-order valence-electron chi connectivity index (χ0n) is 17.5. The Hall–Kier alpha value is -3.38. The van der Waals surface area contributed by atoms with Crippen molar-refractivity contribution in [3.63, 3.8) is 0 Å². The summed E-state index contributed by atoms with van der Waals surface area (Å²) >= 11 is 3.47. The monoisotopic (exact) mass is 499 g/mol. The Morgan fingerprint density at radius 1 is 1.25 bits per heavy atom. The summed E-state index contributed by atoms with van der Waals surface area (Å²) in [5.74, 6) is 0.611. The van der Waals surface area contributed by atoms with E-state index in [0.29, 0.717) is 34.6 Å². The normalized spacial score (nSPS) is 13.9. The molecular weight excluding hydrogens is 478 g/mol. The number of likely N-dealkylation sites (tertiary alicyclic amines) is 1. The highest BCUT2D eigenvalue weighted by molar-refractivity contribution is 9.10. The average Bonchev–Trinajstić information content (AvgIpc) is 2.81. The molecule has 2 aromatic carbocycles. The van der Waals surface area contributed by atoms with Gasteiger partial charge in [-0.2, -0.15) is 5.26 Å². The molecule has 1 aliphatic heterocycles. The lowest BCUT2D eigenvalue weighted by Gasteiger charge is -2.26. The van der Waals surface area contributed by atoms with Crippen molar-refractivity contribution in [2.75, 3.05) is 20.2 Å². The molecule has 0 atom stereocenters. The highest BCUT2D eigenvalue weighted by Gasteiger charge is 2.21. The number of carbonyl (C=O) groups is 1. The molecule has 3 rings (SSSR count). The molecule has 0 aliphatic carbocycles. The number of nitrogens with zero attached hydrogens (tertiary/aromatic N) is 3. The van der Waals surface area contributed by atoms with Gasteiger partial charge < -0.3 is 14.4 Å². The molecule has 8 nitrogen and oxygen atoms in total. The van der Waals surface area contributed by atoms with Crippen LogP contribution >= 0.6 is 15.9 Å². The molecule has 0 saturated carbocycles. The molecule has 1 heterocycles. The zero-order valence-corrected chi connectivity index (χ0v) is 19.1. The van der Waals surface area contributed by atoms with E-state index in [4.69, 9.17) is 9.47 Å². The first-order valence-corrected chi connectivity index (χ1v) is 10.9. The number of nitriles is 1. The Morgan fingerprint density at radius 2 is 1.94 bits per heavy atom. The number of halogens is 1. The highest BCUT2D eigenvalue weighted by Crippen LogP contribution is 2.38. The van der Waals surface area contributed by atoms with E-state index in [2.05, 4.69) is 15.9 Å². The summed E-state index contributed by atoms with van der Waals surface area (Å²) in [6.07, 6.45) is 4.54. The number of hydrogen-bond donors (Lipinski definition) is 0. The maximum Gasteiger partial charge on any atom is 0.269 e. The van der Waals surface area contributed by atoms with Crippen LogP contribution in [0.5, 0.6) is 11.5 Å². The van der Waals surface area contributed by atoms with Crippen LogP contribution in [0.3, 0.4) is 0 Å².